The molecule has 1 unspecified atom stereocenters. The Morgan fingerprint density at radius 2 is 1.74 bits per heavy atom. The lowest BCUT2D eigenvalue weighted by Crippen LogP contribution is -2.64. The minimum Gasteiger partial charge on any atom is -0.365 e. The van der Waals surface area contributed by atoms with Gasteiger partial charge in [0, 0.05) is 19.4 Å². The van der Waals surface area contributed by atoms with Crippen molar-refractivity contribution in [3.8, 4) is 0 Å². The third-order valence-corrected chi connectivity index (χ3v) is 7.47. The van der Waals surface area contributed by atoms with Crippen LogP contribution in [0.4, 0.5) is 0 Å². The molecule has 3 aliphatic heterocycles. The Balaban J connectivity index is 1.48. The first kappa shape index (κ1) is 27.8. The van der Waals surface area contributed by atoms with Gasteiger partial charge in [-0.15, -0.1) is 0 Å². The van der Waals surface area contributed by atoms with Crippen molar-refractivity contribution in [2.45, 2.75) is 95.0 Å². The molecule has 4 amide bonds. The number of hydrogen-bond acceptors (Lipinski definition) is 6. The van der Waals surface area contributed by atoms with Crippen LogP contribution < -0.4 is 16.0 Å². The number of unbranched alkanes of at least 4 members (excludes halogenated alkanes) is 2. The summed E-state index contributed by atoms with van der Waals surface area (Å²) in [6, 6.07) is 6.97. The third kappa shape index (κ3) is 6.98. The molecule has 3 saturated heterocycles. The second kappa shape index (κ2) is 12.1. The minimum absolute atomic E-state index is 0.103. The Kier molecular flexibility index (Phi) is 8.81. The molecular weight excluding hydrogens is 488 g/mol. The Morgan fingerprint density at radius 1 is 1.00 bits per heavy atom. The topological polar surface area (TPSA) is 137 Å². The number of carbonyl (C=O) groups is 5. The molecule has 206 valence electrons. The first-order valence-electron chi connectivity index (χ1n) is 13.6. The van der Waals surface area contributed by atoms with E-state index in [9.17, 15) is 24.0 Å². The van der Waals surface area contributed by atoms with Crippen LogP contribution in [0.3, 0.4) is 0 Å². The number of epoxide rings is 1. The van der Waals surface area contributed by atoms with Gasteiger partial charge in [0.15, 0.2) is 5.78 Å². The molecule has 10 nitrogen and oxygen atoms in total. The van der Waals surface area contributed by atoms with Crippen molar-refractivity contribution in [2.24, 2.45) is 0 Å². The van der Waals surface area contributed by atoms with Crippen molar-refractivity contribution < 1.29 is 28.7 Å². The van der Waals surface area contributed by atoms with Crippen molar-refractivity contribution in [1.29, 1.82) is 0 Å². The molecule has 0 bridgehead atoms. The van der Waals surface area contributed by atoms with Gasteiger partial charge in [0.25, 0.3) is 0 Å². The Bertz CT molecular complexity index is 1050. The molecule has 4 atom stereocenters. The lowest BCUT2D eigenvalue weighted by molar-refractivity contribution is -0.144. The van der Waals surface area contributed by atoms with E-state index in [2.05, 4.69) is 16.0 Å². The summed E-state index contributed by atoms with van der Waals surface area (Å²) in [5.41, 5.74) is -0.429. The van der Waals surface area contributed by atoms with Gasteiger partial charge in [-0.3, -0.25) is 24.0 Å². The molecule has 1 aromatic rings. The molecule has 4 rings (SSSR count). The largest absolute Gasteiger partial charge is 0.365 e. The molecular formula is C28H38N4O6. The van der Waals surface area contributed by atoms with Crippen LogP contribution in [0.2, 0.25) is 0 Å². The summed E-state index contributed by atoms with van der Waals surface area (Å²) >= 11 is 0. The first-order valence-corrected chi connectivity index (χ1v) is 13.6. The average Bonchev–Trinajstić information content (AvgIpc) is 3.62. The number of ketones is 1. The van der Waals surface area contributed by atoms with Crippen LogP contribution >= 0.6 is 0 Å². The zero-order chi connectivity index (χ0) is 27.3. The van der Waals surface area contributed by atoms with E-state index in [-0.39, 0.29) is 30.1 Å². The van der Waals surface area contributed by atoms with Gasteiger partial charge in [-0.05, 0) is 45.1 Å². The number of Topliss-reactive ketones (excluding diaryl/α,β-unsaturated/α-hetero) is 1. The average molecular weight is 527 g/mol. The number of ether oxygens (including phenoxy) is 1. The van der Waals surface area contributed by atoms with Gasteiger partial charge in [0.2, 0.25) is 23.6 Å². The van der Waals surface area contributed by atoms with Gasteiger partial charge >= 0.3 is 0 Å². The normalized spacial score (nSPS) is 27.4. The lowest BCUT2D eigenvalue weighted by atomic mass is 9.98. The maximum atomic E-state index is 13.7. The fraction of sp³-hybridized carbons (Fsp3) is 0.607. The number of rotatable bonds is 9. The molecule has 1 aromatic carbocycles. The Labute approximate surface area is 223 Å². The number of nitrogens with one attached hydrogen (secondary N) is 3. The van der Waals surface area contributed by atoms with Crippen molar-refractivity contribution in [2.75, 3.05) is 13.2 Å². The maximum Gasteiger partial charge on any atom is 0.246 e. The van der Waals surface area contributed by atoms with Crippen LogP contribution in [-0.4, -0.2) is 77.2 Å². The summed E-state index contributed by atoms with van der Waals surface area (Å²) in [6.45, 7) is 4.08. The van der Waals surface area contributed by atoms with Crippen LogP contribution in [0.1, 0.15) is 64.4 Å². The van der Waals surface area contributed by atoms with Gasteiger partial charge in [-0.2, -0.15) is 0 Å². The zero-order valence-corrected chi connectivity index (χ0v) is 22.2. The molecule has 0 aromatic heterocycles. The highest BCUT2D eigenvalue weighted by molar-refractivity contribution is 5.99. The second-order valence-corrected chi connectivity index (χ2v) is 11.0. The van der Waals surface area contributed by atoms with E-state index in [1.807, 2.05) is 30.3 Å². The molecule has 0 spiro atoms. The van der Waals surface area contributed by atoms with Crippen molar-refractivity contribution in [3.63, 3.8) is 0 Å². The van der Waals surface area contributed by atoms with Crippen LogP contribution in [0, 0.1) is 0 Å². The zero-order valence-electron chi connectivity index (χ0n) is 22.2. The molecule has 3 aliphatic rings. The number of carbonyl (C=O) groups excluding carboxylic acids is 5. The monoisotopic (exact) mass is 526 g/mol. The van der Waals surface area contributed by atoms with Crippen LogP contribution in [-0.2, 0) is 35.1 Å². The maximum absolute atomic E-state index is 13.7. The smallest absolute Gasteiger partial charge is 0.246 e. The number of benzene rings is 1. The highest BCUT2D eigenvalue weighted by Crippen LogP contribution is 2.22. The molecule has 0 saturated carbocycles. The van der Waals surface area contributed by atoms with E-state index in [1.54, 1.807) is 18.7 Å². The van der Waals surface area contributed by atoms with Crippen molar-refractivity contribution >= 4 is 29.4 Å². The van der Waals surface area contributed by atoms with Gasteiger partial charge in [0.1, 0.15) is 29.8 Å². The van der Waals surface area contributed by atoms with Crippen LogP contribution in [0.25, 0.3) is 0 Å². The molecule has 3 heterocycles. The van der Waals surface area contributed by atoms with Crippen molar-refractivity contribution in [1.82, 2.24) is 20.9 Å². The van der Waals surface area contributed by atoms with E-state index < -0.39 is 35.5 Å². The summed E-state index contributed by atoms with van der Waals surface area (Å²) in [5.74, 6) is -1.48. The van der Waals surface area contributed by atoms with Gasteiger partial charge in [-0.1, -0.05) is 43.2 Å². The summed E-state index contributed by atoms with van der Waals surface area (Å²) in [4.78, 5) is 66.9. The molecule has 38 heavy (non-hydrogen) atoms. The van der Waals surface area contributed by atoms with E-state index in [4.69, 9.17) is 4.74 Å². The number of amides is 4. The van der Waals surface area contributed by atoms with E-state index in [1.165, 1.54) is 0 Å². The minimum atomic E-state index is -1.31. The van der Waals surface area contributed by atoms with Crippen molar-refractivity contribution in [3.05, 3.63) is 35.9 Å². The number of hydrogen-bond donors (Lipinski definition) is 3. The standard InChI is InChI=1S/C28H38N4O6/c1-28(2)27(37)30-20(16-18-10-5-3-6-11-18)26(36)32-15-9-13-21(32)25(35)29-19(24(34)31-28)12-7-4-8-14-22(33)23-17-38-23/h3,5-6,10-11,19-21,23H,4,7-9,12-17H2,1-2H3,(H,29,35)(H,30,37)(H,31,34)/t19-,20-,21?,23+/m1/s1. The van der Waals surface area contributed by atoms with Crippen LogP contribution in [0.15, 0.2) is 30.3 Å². The highest BCUT2D eigenvalue weighted by Gasteiger charge is 2.42. The van der Waals surface area contributed by atoms with Gasteiger partial charge in [0.05, 0.1) is 6.61 Å². The van der Waals surface area contributed by atoms with Gasteiger partial charge in [-0.25, -0.2) is 0 Å². The Morgan fingerprint density at radius 3 is 2.45 bits per heavy atom. The Hall–Kier alpha value is -3.27. The third-order valence-electron chi connectivity index (χ3n) is 7.47. The fourth-order valence-corrected chi connectivity index (χ4v) is 5.10. The van der Waals surface area contributed by atoms with E-state index >= 15 is 0 Å². The predicted molar refractivity (Wildman–Crippen MR) is 139 cm³/mol. The summed E-state index contributed by atoms with van der Waals surface area (Å²) in [7, 11) is 0. The SMILES string of the molecule is CC1(C)NC(=O)[C@@H](CCCCCC(=O)[C@@H]2CO2)NC(=O)C2CCCN2C(=O)[C@@H](Cc2ccccc2)NC1=O. The van der Waals surface area contributed by atoms with E-state index in [0.717, 1.165) is 12.0 Å². The molecule has 0 radical (unpaired) electrons. The summed E-state index contributed by atoms with van der Waals surface area (Å²) in [6.07, 6.45) is 4.01. The lowest BCUT2D eigenvalue weighted by Gasteiger charge is -2.34. The second-order valence-electron chi connectivity index (χ2n) is 11.0. The number of nitrogens with zero attached hydrogens (tertiary/aromatic N) is 1. The quantitative estimate of drug-likeness (QED) is 0.325. The molecule has 10 heteroatoms. The van der Waals surface area contributed by atoms with Crippen LogP contribution in [0.5, 0.6) is 0 Å². The molecule has 0 aliphatic carbocycles. The number of fused-ring (bicyclic) bond motifs is 1. The summed E-state index contributed by atoms with van der Waals surface area (Å²) in [5, 5.41) is 8.48. The molecule has 3 N–H and O–H groups in total. The first-order chi connectivity index (χ1) is 18.2. The summed E-state index contributed by atoms with van der Waals surface area (Å²) < 4.78 is 5.01. The predicted octanol–water partition coefficient (Wildman–Crippen LogP) is 1.02. The molecule has 3 fully saturated rings. The van der Waals surface area contributed by atoms with Gasteiger partial charge < -0.3 is 25.6 Å². The highest BCUT2D eigenvalue weighted by atomic mass is 16.6. The van der Waals surface area contributed by atoms with E-state index in [0.29, 0.717) is 51.7 Å². The fourth-order valence-electron chi connectivity index (χ4n) is 5.10.